The van der Waals surface area contributed by atoms with E-state index in [0.29, 0.717) is 75.0 Å². The van der Waals surface area contributed by atoms with Crippen molar-refractivity contribution in [3.05, 3.63) is 47.4 Å². The van der Waals surface area contributed by atoms with E-state index in [4.69, 9.17) is 15.2 Å². The van der Waals surface area contributed by atoms with Crippen molar-refractivity contribution < 1.29 is 42.8 Å². The number of hydrogen-bond donors (Lipinski definition) is 5. The van der Waals surface area contributed by atoms with Crippen LogP contribution in [0.3, 0.4) is 0 Å². The number of hydrogen-bond acceptors (Lipinski definition) is 12. The second-order valence-corrected chi connectivity index (χ2v) is 17.6. The third-order valence-corrected chi connectivity index (χ3v) is 14.1. The second-order valence-electron chi connectivity index (χ2n) is 17.6. The lowest BCUT2D eigenvalue weighted by Crippen LogP contribution is -2.56. The quantitative estimate of drug-likeness (QED) is 0.234. The SMILES string of the molecule is CC12CCC3c4ccc(O)cc4CCC3C1CCC2OCCNC(=O)CN1CCC(N2CCN(CC3OCCC(O)C3O)CC2)CC1.Nc1cncc(C(F)(F)F)n1. The Balaban J connectivity index is 0.000000404. The number of fused-ring (bicyclic) bond motifs is 5. The summed E-state index contributed by atoms with van der Waals surface area (Å²) in [5.41, 5.74) is 6.95. The van der Waals surface area contributed by atoms with Gasteiger partial charge in [-0.25, -0.2) is 4.98 Å². The first-order chi connectivity index (χ1) is 27.8. The van der Waals surface area contributed by atoms with E-state index < -0.39 is 24.1 Å². The average Bonchev–Trinajstić information content (AvgIpc) is 3.54. The number of aliphatic hydroxyl groups excluding tert-OH is 2. The van der Waals surface area contributed by atoms with Crippen molar-refractivity contribution in [3.63, 3.8) is 0 Å². The molecule has 8 unspecified atom stereocenters. The molecule has 2 saturated carbocycles. The van der Waals surface area contributed by atoms with Crippen LogP contribution in [0.2, 0.25) is 0 Å². The largest absolute Gasteiger partial charge is 0.508 e. The van der Waals surface area contributed by atoms with Gasteiger partial charge in [-0.3, -0.25) is 24.5 Å². The summed E-state index contributed by atoms with van der Waals surface area (Å²) >= 11 is 0. The summed E-state index contributed by atoms with van der Waals surface area (Å²) in [7, 11) is 0. The Morgan fingerprint density at radius 2 is 1.79 bits per heavy atom. The normalized spacial score (nSPS) is 32.3. The molecule has 6 N–H and O–H groups in total. The molecule has 58 heavy (non-hydrogen) atoms. The Kier molecular flexibility index (Phi) is 13.8. The zero-order valence-corrected chi connectivity index (χ0v) is 33.7. The zero-order valence-electron chi connectivity index (χ0n) is 33.7. The molecule has 13 nitrogen and oxygen atoms in total. The molecule has 5 fully saturated rings. The fraction of sp³-hybridized carbons (Fsp3) is 0.738. The van der Waals surface area contributed by atoms with Crippen LogP contribution in [-0.2, 0) is 26.9 Å². The van der Waals surface area contributed by atoms with Crippen molar-refractivity contribution in [2.75, 3.05) is 77.9 Å². The van der Waals surface area contributed by atoms with Gasteiger partial charge < -0.3 is 35.8 Å². The standard InChI is InChI=1S/C37H58N4O6.C5H4F3N3/c1-37-12-8-29-28-5-3-27(42)22-25(28)2-4-30(29)31(37)6-7-34(37)47-21-13-38-35(44)24-39-14-9-26(10-15-39)41-18-16-40(17-19-41)23-33-36(45)32(43)11-20-46-33;6-5(7,8)3-1-10-2-4(9)11-3/h3,5,22,26,29-34,36,42-43,45H,2,4,6-21,23-24H2,1H3,(H,38,44);1-2H,(H2,9,11). The van der Waals surface area contributed by atoms with Crippen LogP contribution in [0.5, 0.6) is 5.75 Å². The smallest absolute Gasteiger partial charge is 0.434 e. The van der Waals surface area contributed by atoms with Crippen LogP contribution in [0.1, 0.15) is 81.0 Å². The highest BCUT2D eigenvalue weighted by Crippen LogP contribution is 2.61. The molecule has 3 saturated heterocycles. The predicted octanol–water partition coefficient (Wildman–Crippen LogP) is 3.42. The van der Waals surface area contributed by atoms with E-state index in [0.717, 1.165) is 71.1 Å². The van der Waals surface area contributed by atoms with Crippen molar-refractivity contribution in [1.29, 1.82) is 0 Å². The number of aromatic hydroxyl groups is 1. The van der Waals surface area contributed by atoms with E-state index in [-0.39, 0.29) is 29.3 Å². The minimum Gasteiger partial charge on any atom is -0.508 e. The number of piperazine rings is 1. The van der Waals surface area contributed by atoms with E-state index in [9.17, 15) is 33.3 Å². The molecule has 8 rings (SSSR count). The number of amides is 1. The number of carbonyl (C=O) groups excluding carboxylic acids is 1. The van der Waals surface area contributed by atoms with Crippen LogP contribution in [0, 0.1) is 17.3 Å². The maximum atomic E-state index is 12.8. The van der Waals surface area contributed by atoms with E-state index in [1.807, 2.05) is 12.1 Å². The number of likely N-dealkylation sites (tertiary alicyclic amines) is 1. The highest BCUT2D eigenvalue weighted by molar-refractivity contribution is 5.78. The summed E-state index contributed by atoms with van der Waals surface area (Å²) in [6, 6.07) is 6.59. The van der Waals surface area contributed by atoms with Gasteiger partial charge in [-0.1, -0.05) is 13.0 Å². The lowest BCUT2D eigenvalue weighted by atomic mass is 9.55. The van der Waals surface area contributed by atoms with Crippen LogP contribution < -0.4 is 11.1 Å². The summed E-state index contributed by atoms with van der Waals surface area (Å²) in [6.07, 6.45) is 5.41. The number of alkyl halides is 3. The number of anilines is 1. The van der Waals surface area contributed by atoms with E-state index in [1.54, 1.807) is 0 Å². The Bertz CT molecular complexity index is 1680. The molecule has 1 aromatic heterocycles. The van der Waals surface area contributed by atoms with Gasteiger partial charge in [-0.15, -0.1) is 0 Å². The molecule has 322 valence electrons. The fourth-order valence-electron chi connectivity index (χ4n) is 11.0. The topological polar surface area (TPSA) is 170 Å². The van der Waals surface area contributed by atoms with Gasteiger partial charge in [-0.2, -0.15) is 13.2 Å². The number of nitrogens with two attached hydrogens (primary N) is 1. The predicted molar refractivity (Wildman–Crippen MR) is 211 cm³/mol. The first-order valence-electron chi connectivity index (χ1n) is 21.3. The number of benzene rings is 1. The van der Waals surface area contributed by atoms with Crippen LogP contribution in [0.25, 0.3) is 0 Å². The summed E-state index contributed by atoms with van der Waals surface area (Å²) in [5, 5.41) is 33.3. The molecule has 6 aliphatic rings. The number of ether oxygens (including phenoxy) is 2. The number of phenols is 1. The number of aromatic nitrogens is 2. The maximum Gasteiger partial charge on any atom is 0.434 e. The molecule has 0 bridgehead atoms. The van der Waals surface area contributed by atoms with Crippen molar-refractivity contribution in [2.24, 2.45) is 17.3 Å². The van der Waals surface area contributed by atoms with Crippen molar-refractivity contribution >= 4 is 11.7 Å². The van der Waals surface area contributed by atoms with Gasteiger partial charge >= 0.3 is 6.18 Å². The Hall–Kier alpha value is -3.12. The van der Waals surface area contributed by atoms with E-state index in [1.165, 1.54) is 36.8 Å². The van der Waals surface area contributed by atoms with Crippen LogP contribution in [-0.4, -0.2) is 148 Å². The third kappa shape index (κ3) is 10.1. The number of carbonyl (C=O) groups is 1. The molecule has 8 atom stereocenters. The highest BCUT2D eigenvalue weighted by Gasteiger charge is 2.55. The molecule has 1 amide bonds. The number of nitrogen functional groups attached to an aromatic ring is 1. The molecule has 4 heterocycles. The number of nitrogens with one attached hydrogen (secondary N) is 1. The number of aryl methyl sites for hydroxylation is 1. The number of piperidine rings is 1. The van der Waals surface area contributed by atoms with E-state index in [2.05, 4.69) is 43.0 Å². The maximum absolute atomic E-state index is 12.8. The summed E-state index contributed by atoms with van der Waals surface area (Å²) in [4.78, 5) is 26.3. The molecule has 0 radical (unpaired) electrons. The summed E-state index contributed by atoms with van der Waals surface area (Å²) in [6.45, 7) is 11.1. The molecule has 16 heteroatoms. The molecule has 3 aliphatic heterocycles. The molecular weight excluding hydrogens is 755 g/mol. The monoisotopic (exact) mass is 817 g/mol. The first-order valence-corrected chi connectivity index (χ1v) is 21.3. The third-order valence-electron chi connectivity index (χ3n) is 14.1. The van der Waals surface area contributed by atoms with Gasteiger partial charge in [0.1, 0.15) is 17.7 Å². The summed E-state index contributed by atoms with van der Waals surface area (Å²) in [5.74, 6) is 2.27. The van der Waals surface area contributed by atoms with Crippen molar-refractivity contribution in [2.45, 2.75) is 107 Å². The second kappa shape index (κ2) is 18.7. The lowest BCUT2D eigenvalue weighted by molar-refractivity contribution is -0.143. The molecule has 3 aliphatic carbocycles. The molecular formula is C42H62F3N7O6. The average molecular weight is 818 g/mol. The van der Waals surface area contributed by atoms with Gasteiger partial charge in [0.15, 0.2) is 5.69 Å². The Labute approximate surface area is 339 Å². The summed E-state index contributed by atoms with van der Waals surface area (Å²) < 4.78 is 47.7. The molecule has 0 spiro atoms. The number of rotatable bonds is 9. The lowest BCUT2D eigenvalue weighted by Gasteiger charge is -2.50. The van der Waals surface area contributed by atoms with Gasteiger partial charge in [0.05, 0.1) is 43.9 Å². The molecule has 1 aromatic carbocycles. The molecule has 2 aromatic rings. The first kappa shape index (κ1) is 43.0. The Morgan fingerprint density at radius 3 is 2.52 bits per heavy atom. The Morgan fingerprint density at radius 1 is 1.02 bits per heavy atom. The number of nitrogens with zero attached hydrogens (tertiary/aromatic N) is 5. The number of phenolic OH excluding ortho intramolecular Hbond substituents is 1. The highest BCUT2D eigenvalue weighted by atomic mass is 19.4. The van der Waals surface area contributed by atoms with Crippen molar-refractivity contribution in [1.82, 2.24) is 30.0 Å². The van der Waals surface area contributed by atoms with Gasteiger partial charge in [0.25, 0.3) is 0 Å². The minimum atomic E-state index is -4.47. The fourth-order valence-corrected chi connectivity index (χ4v) is 11.0. The van der Waals surface area contributed by atoms with Crippen LogP contribution in [0.4, 0.5) is 19.0 Å². The van der Waals surface area contributed by atoms with Crippen LogP contribution >= 0.6 is 0 Å². The number of halogens is 3. The minimum absolute atomic E-state index is 0.0980. The van der Waals surface area contributed by atoms with Gasteiger partial charge in [0.2, 0.25) is 5.91 Å². The van der Waals surface area contributed by atoms with E-state index >= 15 is 0 Å². The zero-order chi connectivity index (χ0) is 41.0. The van der Waals surface area contributed by atoms with Gasteiger partial charge in [-0.05, 0) is 104 Å². The number of aliphatic hydroxyl groups is 2. The van der Waals surface area contributed by atoms with Crippen LogP contribution in [0.15, 0.2) is 30.6 Å². The van der Waals surface area contributed by atoms with Crippen molar-refractivity contribution in [3.8, 4) is 5.75 Å². The van der Waals surface area contributed by atoms with Gasteiger partial charge in [0, 0.05) is 65.0 Å².